The number of nitrogens with zero attached hydrogens (tertiary/aromatic N) is 1. The van der Waals surface area contributed by atoms with Crippen molar-refractivity contribution in [2.75, 3.05) is 6.54 Å². The van der Waals surface area contributed by atoms with Crippen LogP contribution in [0.25, 0.3) is 0 Å². The lowest BCUT2D eigenvalue weighted by Crippen LogP contribution is -2.00. The molecule has 0 aromatic heterocycles. The van der Waals surface area contributed by atoms with E-state index >= 15 is 0 Å². The van der Waals surface area contributed by atoms with Gasteiger partial charge in [-0.25, -0.2) is 0 Å². The van der Waals surface area contributed by atoms with Crippen LogP contribution in [0.15, 0.2) is 16.8 Å². The summed E-state index contributed by atoms with van der Waals surface area (Å²) >= 11 is 0. The molecule has 0 saturated heterocycles. The Morgan fingerprint density at radius 2 is 2.50 bits per heavy atom. The van der Waals surface area contributed by atoms with E-state index in [0.717, 1.165) is 12.3 Å². The van der Waals surface area contributed by atoms with E-state index in [-0.39, 0.29) is 0 Å². The zero-order valence-corrected chi connectivity index (χ0v) is 5.23. The van der Waals surface area contributed by atoms with Gasteiger partial charge in [0.2, 0.25) is 0 Å². The highest BCUT2D eigenvalue weighted by Crippen LogP contribution is 2.00. The number of hydrogen-bond donors (Lipinski definition) is 1. The van der Waals surface area contributed by atoms with E-state index in [9.17, 15) is 0 Å². The monoisotopic (exact) mass is 110 g/mol. The van der Waals surface area contributed by atoms with Crippen LogP contribution >= 0.6 is 0 Å². The van der Waals surface area contributed by atoms with Crippen molar-refractivity contribution in [1.29, 1.82) is 0 Å². The molecule has 0 radical (unpaired) electrons. The first kappa shape index (κ1) is 5.35. The Hall–Kier alpha value is -0.790. The molecule has 0 saturated carbocycles. The normalized spacial score (nSPS) is 23.2. The van der Waals surface area contributed by atoms with Crippen molar-refractivity contribution in [3.8, 4) is 0 Å². The summed E-state index contributed by atoms with van der Waals surface area (Å²) in [6.07, 6.45) is 2.08. The summed E-state index contributed by atoms with van der Waals surface area (Å²) in [5.41, 5.74) is 5.32. The average Bonchev–Trinajstić information content (AvgIpc) is 2.14. The van der Waals surface area contributed by atoms with Crippen LogP contribution in [0, 0.1) is 0 Å². The highest BCUT2D eigenvalue weighted by atomic mass is 15.3. The second-order valence-electron chi connectivity index (χ2n) is 1.85. The molecular weight excluding hydrogens is 100 g/mol. The Bertz CT molecular complexity index is 145. The molecule has 0 aromatic rings. The Kier molecular flexibility index (Phi) is 1.33. The number of hydrazone groups is 1. The highest BCUT2D eigenvalue weighted by Gasteiger charge is 2.04. The van der Waals surface area contributed by atoms with Gasteiger partial charge in [0.15, 0.2) is 0 Å². The summed E-state index contributed by atoms with van der Waals surface area (Å²) in [7, 11) is 0. The van der Waals surface area contributed by atoms with E-state index in [4.69, 9.17) is 0 Å². The molecule has 0 bridgehead atoms. The topological polar surface area (TPSA) is 24.4 Å². The van der Waals surface area contributed by atoms with E-state index in [2.05, 4.69) is 16.6 Å². The molecular formula is C6H10N2. The lowest BCUT2D eigenvalue weighted by Gasteiger charge is -1.88. The first-order valence-electron chi connectivity index (χ1n) is 2.77. The Morgan fingerprint density at radius 3 is 2.75 bits per heavy atom. The van der Waals surface area contributed by atoms with Gasteiger partial charge in [0.25, 0.3) is 0 Å². The zero-order valence-electron chi connectivity index (χ0n) is 5.23. The van der Waals surface area contributed by atoms with Crippen molar-refractivity contribution in [1.82, 2.24) is 5.43 Å². The molecule has 0 amide bonds. The Balaban J connectivity index is 2.74. The first-order chi connectivity index (χ1) is 3.84. The standard InChI is InChI=1S/C6H10N2/c1-3-6-4-7-8-5(6)2/h3,7H,4H2,1-2H3/b6-3+. The molecule has 0 aromatic carbocycles. The maximum Gasteiger partial charge on any atom is 0.0619 e. The smallest absolute Gasteiger partial charge is 0.0619 e. The van der Waals surface area contributed by atoms with Crippen molar-refractivity contribution in [2.45, 2.75) is 13.8 Å². The highest BCUT2D eigenvalue weighted by molar-refractivity contribution is 5.99. The third kappa shape index (κ3) is 0.735. The lowest BCUT2D eigenvalue weighted by molar-refractivity contribution is 0.854. The third-order valence-electron chi connectivity index (χ3n) is 1.33. The van der Waals surface area contributed by atoms with Crippen LogP contribution in [0.4, 0.5) is 0 Å². The fraction of sp³-hybridized carbons (Fsp3) is 0.500. The largest absolute Gasteiger partial charge is 0.305 e. The van der Waals surface area contributed by atoms with Crippen LogP contribution < -0.4 is 5.43 Å². The molecule has 2 nitrogen and oxygen atoms in total. The van der Waals surface area contributed by atoms with Gasteiger partial charge in [-0.2, -0.15) is 5.10 Å². The number of allylic oxidation sites excluding steroid dienone is 1. The van der Waals surface area contributed by atoms with E-state index in [1.165, 1.54) is 5.57 Å². The molecule has 0 fully saturated rings. The zero-order chi connectivity index (χ0) is 5.98. The van der Waals surface area contributed by atoms with Crippen molar-refractivity contribution in [3.05, 3.63) is 11.6 Å². The molecule has 2 heteroatoms. The van der Waals surface area contributed by atoms with E-state index in [1.54, 1.807) is 0 Å². The molecule has 44 valence electrons. The number of nitrogens with one attached hydrogen (secondary N) is 1. The van der Waals surface area contributed by atoms with Gasteiger partial charge in [-0.3, -0.25) is 0 Å². The fourth-order valence-electron chi connectivity index (χ4n) is 0.754. The maximum atomic E-state index is 3.99. The van der Waals surface area contributed by atoms with Gasteiger partial charge >= 0.3 is 0 Å². The Morgan fingerprint density at radius 1 is 1.75 bits per heavy atom. The molecule has 0 spiro atoms. The van der Waals surface area contributed by atoms with Crippen LogP contribution in [-0.2, 0) is 0 Å². The van der Waals surface area contributed by atoms with Gasteiger partial charge in [0.1, 0.15) is 0 Å². The van der Waals surface area contributed by atoms with E-state index in [1.807, 2.05) is 13.8 Å². The minimum Gasteiger partial charge on any atom is -0.305 e. The average molecular weight is 110 g/mol. The quantitative estimate of drug-likeness (QED) is 0.492. The molecule has 1 aliphatic heterocycles. The predicted octanol–water partition coefficient (Wildman–Crippen LogP) is 0.912. The summed E-state index contributed by atoms with van der Waals surface area (Å²) in [4.78, 5) is 0. The van der Waals surface area contributed by atoms with Crippen molar-refractivity contribution in [2.24, 2.45) is 5.10 Å². The maximum absolute atomic E-state index is 3.99. The molecule has 1 N–H and O–H groups in total. The third-order valence-corrected chi connectivity index (χ3v) is 1.33. The van der Waals surface area contributed by atoms with Crippen LogP contribution in [-0.4, -0.2) is 12.3 Å². The van der Waals surface area contributed by atoms with Gasteiger partial charge in [-0.1, -0.05) is 6.08 Å². The number of hydrogen-bond acceptors (Lipinski definition) is 2. The van der Waals surface area contributed by atoms with Gasteiger partial charge in [-0.05, 0) is 19.4 Å². The SMILES string of the molecule is C/C=C1\CNN=C1C. The van der Waals surface area contributed by atoms with Crippen molar-refractivity contribution >= 4 is 5.71 Å². The molecule has 1 rings (SSSR count). The van der Waals surface area contributed by atoms with Crippen LogP contribution in [0.1, 0.15) is 13.8 Å². The predicted molar refractivity (Wildman–Crippen MR) is 34.9 cm³/mol. The molecule has 0 unspecified atom stereocenters. The molecule has 1 aliphatic rings. The fourth-order valence-corrected chi connectivity index (χ4v) is 0.754. The summed E-state index contributed by atoms with van der Waals surface area (Å²) in [5, 5.41) is 3.99. The molecule has 1 heterocycles. The summed E-state index contributed by atoms with van der Waals surface area (Å²) in [6.45, 7) is 4.94. The van der Waals surface area contributed by atoms with Gasteiger partial charge in [0.05, 0.1) is 12.3 Å². The van der Waals surface area contributed by atoms with Crippen LogP contribution in [0.3, 0.4) is 0 Å². The van der Waals surface area contributed by atoms with Crippen LogP contribution in [0.5, 0.6) is 0 Å². The number of rotatable bonds is 0. The summed E-state index contributed by atoms with van der Waals surface area (Å²) in [5.74, 6) is 0. The van der Waals surface area contributed by atoms with E-state index in [0.29, 0.717) is 0 Å². The lowest BCUT2D eigenvalue weighted by atomic mass is 10.2. The molecule has 8 heavy (non-hydrogen) atoms. The minimum atomic E-state index is 0.905. The van der Waals surface area contributed by atoms with E-state index < -0.39 is 0 Å². The van der Waals surface area contributed by atoms with Crippen LogP contribution in [0.2, 0.25) is 0 Å². The van der Waals surface area contributed by atoms with Gasteiger partial charge < -0.3 is 5.43 Å². The summed E-state index contributed by atoms with van der Waals surface area (Å²) < 4.78 is 0. The minimum absolute atomic E-state index is 0.905. The molecule has 0 aliphatic carbocycles. The Labute approximate surface area is 49.3 Å². The molecule has 0 atom stereocenters. The van der Waals surface area contributed by atoms with Gasteiger partial charge in [0, 0.05) is 0 Å². The van der Waals surface area contributed by atoms with Gasteiger partial charge in [-0.15, -0.1) is 0 Å². The van der Waals surface area contributed by atoms with Crippen molar-refractivity contribution in [3.63, 3.8) is 0 Å². The summed E-state index contributed by atoms with van der Waals surface area (Å²) in [6, 6.07) is 0. The second-order valence-corrected chi connectivity index (χ2v) is 1.85. The van der Waals surface area contributed by atoms with Crippen molar-refractivity contribution < 1.29 is 0 Å². The second kappa shape index (κ2) is 1.99. The first-order valence-corrected chi connectivity index (χ1v) is 2.77.